The SMILES string of the molecule is O[C@H]1[C@H](O)C(Sc2ccccc2)=CC[C@@H]1O. The Bertz CT molecular complexity index is 377. The molecule has 0 amide bonds. The van der Waals surface area contributed by atoms with E-state index in [-0.39, 0.29) is 0 Å². The maximum Gasteiger partial charge on any atom is 0.113 e. The van der Waals surface area contributed by atoms with Gasteiger partial charge in [0.15, 0.2) is 0 Å². The molecule has 3 N–H and O–H groups in total. The summed E-state index contributed by atoms with van der Waals surface area (Å²) in [6.07, 6.45) is -0.784. The van der Waals surface area contributed by atoms with Crippen LogP contribution in [-0.4, -0.2) is 33.6 Å². The number of aliphatic hydroxyl groups excluding tert-OH is 3. The van der Waals surface area contributed by atoms with Crippen LogP contribution in [0.3, 0.4) is 0 Å². The lowest BCUT2D eigenvalue weighted by atomic mass is 9.99. The number of thioether (sulfide) groups is 1. The van der Waals surface area contributed by atoms with E-state index < -0.39 is 18.3 Å². The third-order valence-electron chi connectivity index (χ3n) is 2.55. The van der Waals surface area contributed by atoms with Gasteiger partial charge in [-0.2, -0.15) is 0 Å². The minimum atomic E-state index is -1.09. The van der Waals surface area contributed by atoms with Crippen LogP contribution in [0.2, 0.25) is 0 Å². The molecular weight excluding hydrogens is 224 g/mol. The van der Waals surface area contributed by atoms with Gasteiger partial charge >= 0.3 is 0 Å². The summed E-state index contributed by atoms with van der Waals surface area (Å²) in [5.74, 6) is 0. The van der Waals surface area contributed by atoms with Gasteiger partial charge in [-0.3, -0.25) is 0 Å². The predicted molar refractivity (Wildman–Crippen MR) is 63.0 cm³/mol. The van der Waals surface area contributed by atoms with E-state index in [1.807, 2.05) is 30.3 Å². The fourth-order valence-electron chi connectivity index (χ4n) is 1.60. The molecule has 0 spiro atoms. The van der Waals surface area contributed by atoms with E-state index in [2.05, 4.69) is 0 Å². The highest BCUT2D eigenvalue weighted by molar-refractivity contribution is 8.03. The number of benzene rings is 1. The van der Waals surface area contributed by atoms with Gasteiger partial charge in [-0.25, -0.2) is 0 Å². The Balaban J connectivity index is 2.11. The summed E-state index contributed by atoms with van der Waals surface area (Å²) in [5, 5.41) is 28.7. The highest BCUT2D eigenvalue weighted by atomic mass is 32.2. The molecule has 0 saturated heterocycles. The van der Waals surface area contributed by atoms with E-state index in [1.54, 1.807) is 6.08 Å². The van der Waals surface area contributed by atoms with Crippen molar-refractivity contribution < 1.29 is 15.3 Å². The first-order valence-electron chi connectivity index (χ1n) is 5.15. The zero-order valence-electron chi connectivity index (χ0n) is 8.65. The van der Waals surface area contributed by atoms with Crippen LogP contribution < -0.4 is 0 Å². The van der Waals surface area contributed by atoms with Crippen molar-refractivity contribution in [2.75, 3.05) is 0 Å². The maximum absolute atomic E-state index is 9.77. The van der Waals surface area contributed by atoms with Gasteiger partial charge in [0.2, 0.25) is 0 Å². The van der Waals surface area contributed by atoms with Gasteiger partial charge in [0, 0.05) is 9.80 Å². The van der Waals surface area contributed by atoms with Crippen molar-refractivity contribution in [3.05, 3.63) is 41.3 Å². The van der Waals surface area contributed by atoms with E-state index in [0.29, 0.717) is 11.3 Å². The Labute approximate surface area is 98.4 Å². The van der Waals surface area contributed by atoms with E-state index in [4.69, 9.17) is 0 Å². The van der Waals surface area contributed by atoms with Gasteiger partial charge in [-0.05, 0) is 18.6 Å². The number of hydrogen-bond acceptors (Lipinski definition) is 4. The second kappa shape index (κ2) is 5.01. The lowest BCUT2D eigenvalue weighted by Crippen LogP contribution is -2.40. The molecule has 0 aliphatic heterocycles. The molecule has 0 heterocycles. The summed E-state index contributed by atoms with van der Waals surface area (Å²) in [6.45, 7) is 0. The van der Waals surface area contributed by atoms with Crippen LogP contribution in [0.15, 0.2) is 46.2 Å². The first-order valence-corrected chi connectivity index (χ1v) is 5.97. The predicted octanol–water partition coefficient (Wildman–Crippen LogP) is 1.15. The van der Waals surface area contributed by atoms with Gasteiger partial charge in [-0.1, -0.05) is 36.0 Å². The van der Waals surface area contributed by atoms with E-state index in [9.17, 15) is 15.3 Å². The molecule has 0 unspecified atom stereocenters. The third-order valence-corrected chi connectivity index (χ3v) is 3.70. The van der Waals surface area contributed by atoms with Crippen molar-refractivity contribution in [1.29, 1.82) is 0 Å². The zero-order chi connectivity index (χ0) is 11.5. The molecule has 2 rings (SSSR count). The largest absolute Gasteiger partial charge is 0.390 e. The quantitative estimate of drug-likeness (QED) is 0.723. The van der Waals surface area contributed by atoms with E-state index in [1.165, 1.54) is 11.8 Å². The summed E-state index contributed by atoms with van der Waals surface area (Å²) in [7, 11) is 0. The normalized spacial score (nSPS) is 29.9. The highest BCUT2D eigenvalue weighted by Crippen LogP contribution is 2.33. The Hall–Kier alpha value is -0.810. The molecule has 3 nitrogen and oxygen atoms in total. The fourth-order valence-corrected chi connectivity index (χ4v) is 2.61. The summed E-state index contributed by atoms with van der Waals surface area (Å²) >= 11 is 1.42. The molecule has 0 saturated carbocycles. The van der Waals surface area contributed by atoms with Gasteiger partial charge in [-0.15, -0.1) is 0 Å². The minimum Gasteiger partial charge on any atom is -0.390 e. The smallest absolute Gasteiger partial charge is 0.113 e. The molecular formula is C12H14O3S. The van der Waals surface area contributed by atoms with Crippen molar-refractivity contribution in [2.45, 2.75) is 29.6 Å². The Kier molecular flexibility index (Phi) is 3.66. The second-order valence-corrected chi connectivity index (χ2v) is 4.91. The molecule has 0 radical (unpaired) electrons. The van der Waals surface area contributed by atoms with Crippen molar-refractivity contribution in [3.8, 4) is 0 Å². The van der Waals surface area contributed by atoms with Crippen LogP contribution in [0, 0.1) is 0 Å². The van der Waals surface area contributed by atoms with Crippen LogP contribution in [0.4, 0.5) is 0 Å². The average Bonchev–Trinajstić information content (AvgIpc) is 2.31. The highest BCUT2D eigenvalue weighted by Gasteiger charge is 2.31. The number of rotatable bonds is 2. The fraction of sp³-hybridized carbons (Fsp3) is 0.333. The first kappa shape index (κ1) is 11.7. The zero-order valence-corrected chi connectivity index (χ0v) is 9.47. The molecule has 3 atom stereocenters. The number of aliphatic hydroxyl groups is 3. The summed E-state index contributed by atoms with van der Waals surface area (Å²) in [4.78, 5) is 1.71. The minimum absolute atomic E-state index is 0.382. The third kappa shape index (κ3) is 2.47. The molecule has 16 heavy (non-hydrogen) atoms. The van der Waals surface area contributed by atoms with Crippen molar-refractivity contribution in [3.63, 3.8) is 0 Å². The van der Waals surface area contributed by atoms with Gasteiger partial charge in [0.25, 0.3) is 0 Å². The Morgan fingerprint density at radius 1 is 1.06 bits per heavy atom. The van der Waals surface area contributed by atoms with Crippen LogP contribution >= 0.6 is 11.8 Å². The molecule has 1 aromatic carbocycles. The monoisotopic (exact) mass is 238 g/mol. The first-order chi connectivity index (χ1) is 7.68. The molecule has 0 fully saturated rings. The average molecular weight is 238 g/mol. The van der Waals surface area contributed by atoms with Crippen molar-refractivity contribution in [1.82, 2.24) is 0 Å². The topological polar surface area (TPSA) is 60.7 Å². The van der Waals surface area contributed by atoms with Crippen LogP contribution in [0.1, 0.15) is 6.42 Å². The van der Waals surface area contributed by atoms with Gasteiger partial charge < -0.3 is 15.3 Å². The number of hydrogen-bond donors (Lipinski definition) is 3. The Morgan fingerprint density at radius 3 is 2.44 bits per heavy atom. The van der Waals surface area contributed by atoms with Gasteiger partial charge in [0.05, 0.1) is 6.10 Å². The second-order valence-electron chi connectivity index (χ2n) is 3.76. The molecule has 1 aliphatic carbocycles. The van der Waals surface area contributed by atoms with Crippen molar-refractivity contribution >= 4 is 11.8 Å². The lowest BCUT2D eigenvalue weighted by Gasteiger charge is -2.28. The maximum atomic E-state index is 9.77. The van der Waals surface area contributed by atoms with Crippen LogP contribution in [0.5, 0.6) is 0 Å². The Morgan fingerprint density at radius 2 is 1.75 bits per heavy atom. The summed E-state index contributed by atoms with van der Waals surface area (Å²) in [5.41, 5.74) is 0. The van der Waals surface area contributed by atoms with Crippen molar-refractivity contribution in [2.24, 2.45) is 0 Å². The van der Waals surface area contributed by atoms with Crippen LogP contribution in [0.25, 0.3) is 0 Å². The summed E-state index contributed by atoms with van der Waals surface area (Å²) in [6, 6.07) is 9.65. The molecule has 1 aromatic rings. The molecule has 0 bridgehead atoms. The van der Waals surface area contributed by atoms with Gasteiger partial charge in [0.1, 0.15) is 12.2 Å². The lowest BCUT2D eigenvalue weighted by molar-refractivity contribution is -0.0469. The molecule has 4 heteroatoms. The summed E-state index contributed by atoms with van der Waals surface area (Å²) < 4.78 is 0. The molecule has 0 aromatic heterocycles. The van der Waals surface area contributed by atoms with E-state index >= 15 is 0 Å². The molecule has 1 aliphatic rings. The van der Waals surface area contributed by atoms with Crippen LogP contribution in [-0.2, 0) is 0 Å². The standard InChI is InChI=1S/C12H14O3S/c13-9-6-7-10(12(15)11(9)14)16-8-4-2-1-3-5-8/h1-5,7,9,11-15H,6H2/t9-,11+,12+/m0/s1. The van der Waals surface area contributed by atoms with E-state index in [0.717, 1.165) is 4.90 Å². The molecule has 86 valence electrons.